The molecule has 3 heterocycles. The Morgan fingerprint density at radius 2 is 1.71 bits per heavy atom. The lowest BCUT2D eigenvalue weighted by molar-refractivity contribution is -0.138. The number of aromatic nitrogens is 1. The molecular weight excluding hydrogens is 575 g/mol. The lowest BCUT2D eigenvalue weighted by Crippen LogP contribution is -2.51. The van der Waals surface area contributed by atoms with Crippen LogP contribution in [0, 0.1) is 11.3 Å². The van der Waals surface area contributed by atoms with Crippen molar-refractivity contribution in [3.05, 3.63) is 23.5 Å². The smallest absolute Gasteiger partial charge is 0.419 e. The first-order valence-electron chi connectivity index (χ1n) is 14.1. The van der Waals surface area contributed by atoms with E-state index in [1.54, 1.807) is 18.7 Å². The Balaban J connectivity index is 1.31. The molecular formula is C28H36F3N5O5S. The monoisotopic (exact) mass is 611 g/mol. The zero-order chi connectivity index (χ0) is 31.0. The summed E-state index contributed by atoms with van der Waals surface area (Å²) < 4.78 is 52.7. The van der Waals surface area contributed by atoms with Gasteiger partial charge in [-0.3, -0.25) is 9.69 Å². The maximum atomic E-state index is 13.6. The molecule has 2 saturated heterocycles. The third-order valence-electron chi connectivity index (χ3n) is 8.45. The number of nitriles is 1. The average molecular weight is 612 g/mol. The largest absolute Gasteiger partial charge is 0.465 e. The van der Waals surface area contributed by atoms with Crippen LogP contribution in [0.5, 0.6) is 0 Å². The zero-order valence-corrected chi connectivity index (χ0v) is 24.9. The van der Waals surface area contributed by atoms with E-state index in [0.717, 1.165) is 30.0 Å². The SMILES string of the molecule is CC1CC(OCCOC2CCC(N3C(=S)N(c4cnc(C#N)c(C(F)(F)F)c4)C(=O)C3(C)C)CC2)CC(C)N1C(=O)O. The van der Waals surface area contributed by atoms with Gasteiger partial charge in [0.05, 0.1) is 42.9 Å². The minimum atomic E-state index is -4.81. The number of amides is 2. The molecule has 0 aromatic carbocycles. The van der Waals surface area contributed by atoms with E-state index < -0.39 is 35.0 Å². The Kier molecular flexibility index (Phi) is 9.34. The van der Waals surface area contributed by atoms with Crippen molar-refractivity contribution in [2.75, 3.05) is 18.1 Å². The molecule has 10 nitrogen and oxygen atoms in total. The number of halogens is 3. The van der Waals surface area contributed by atoms with Crippen molar-refractivity contribution in [3.63, 3.8) is 0 Å². The van der Waals surface area contributed by atoms with Gasteiger partial charge in [0.15, 0.2) is 10.8 Å². The van der Waals surface area contributed by atoms with E-state index in [-0.39, 0.29) is 41.1 Å². The van der Waals surface area contributed by atoms with Crippen LogP contribution in [0.1, 0.15) is 77.5 Å². The summed E-state index contributed by atoms with van der Waals surface area (Å²) in [4.78, 5) is 32.9. The van der Waals surface area contributed by atoms with Crippen molar-refractivity contribution < 1.29 is 37.3 Å². The zero-order valence-electron chi connectivity index (χ0n) is 24.1. The fourth-order valence-electron chi connectivity index (χ4n) is 6.46. The maximum absolute atomic E-state index is 13.6. The number of likely N-dealkylation sites (tertiary alicyclic amines) is 1. The maximum Gasteiger partial charge on any atom is 0.419 e. The number of carboxylic acid groups (broad SMARTS) is 1. The third-order valence-corrected chi connectivity index (χ3v) is 8.83. The number of nitrogens with zero attached hydrogens (tertiary/aromatic N) is 5. The number of piperidine rings is 1. The molecule has 2 aliphatic heterocycles. The second kappa shape index (κ2) is 12.3. The van der Waals surface area contributed by atoms with Gasteiger partial charge in [-0.1, -0.05) is 0 Å². The predicted octanol–water partition coefficient (Wildman–Crippen LogP) is 4.95. The van der Waals surface area contributed by atoms with E-state index in [1.807, 2.05) is 13.8 Å². The van der Waals surface area contributed by atoms with Crippen molar-refractivity contribution in [2.45, 2.75) is 108 Å². The van der Waals surface area contributed by atoms with E-state index in [9.17, 15) is 27.9 Å². The Morgan fingerprint density at radius 3 is 2.24 bits per heavy atom. The highest BCUT2D eigenvalue weighted by Gasteiger charge is 2.53. The fraction of sp³-hybridized carbons (Fsp3) is 0.679. The number of carbonyl (C=O) groups is 2. The predicted molar refractivity (Wildman–Crippen MR) is 150 cm³/mol. The van der Waals surface area contributed by atoms with Gasteiger partial charge in [-0.2, -0.15) is 18.4 Å². The van der Waals surface area contributed by atoms with E-state index >= 15 is 0 Å². The molecule has 1 N–H and O–H groups in total. The molecule has 230 valence electrons. The van der Waals surface area contributed by atoms with Gasteiger partial charge in [0.25, 0.3) is 5.91 Å². The van der Waals surface area contributed by atoms with Crippen LogP contribution < -0.4 is 4.90 Å². The number of pyridine rings is 1. The molecule has 14 heteroatoms. The molecule has 2 amide bonds. The summed E-state index contributed by atoms with van der Waals surface area (Å²) in [6.07, 6.45) is -0.612. The number of alkyl halides is 3. The van der Waals surface area contributed by atoms with Gasteiger partial charge in [-0.15, -0.1) is 0 Å². The van der Waals surface area contributed by atoms with Crippen molar-refractivity contribution in [1.82, 2.24) is 14.8 Å². The summed E-state index contributed by atoms with van der Waals surface area (Å²) in [7, 11) is 0. The molecule has 3 fully saturated rings. The van der Waals surface area contributed by atoms with Crippen LogP contribution in [0.25, 0.3) is 0 Å². The van der Waals surface area contributed by atoms with Gasteiger partial charge in [-0.05, 0) is 84.5 Å². The summed E-state index contributed by atoms with van der Waals surface area (Å²) >= 11 is 5.64. The molecule has 0 radical (unpaired) electrons. The molecule has 1 aromatic heterocycles. The summed E-state index contributed by atoms with van der Waals surface area (Å²) in [5.74, 6) is -0.458. The van der Waals surface area contributed by atoms with Gasteiger partial charge < -0.3 is 24.4 Å². The number of hydrogen-bond acceptors (Lipinski definition) is 7. The lowest BCUT2D eigenvalue weighted by atomic mass is 9.89. The van der Waals surface area contributed by atoms with Crippen LogP contribution in [0.15, 0.2) is 12.3 Å². The van der Waals surface area contributed by atoms with Gasteiger partial charge in [0.1, 0.15) is 11.6 Å². The number of carbonyl (C=O) groups excluding carboxylic acids is 1. The van der Waals surface area contributed by atoms with Crippen LogP contribution in [-0.4, -0.2) is 86.1 Å². The molecule has 1 aromatic rings. The van der Waals surface area contributed by atoms with Crippen LogP contribution in [0.3, 0.4) is 0 Å². The Bertz CT molecular complexity index is 1240. The van der Waals surface area contributed by atoms with E-state index in [4.69, 9.17) is 27.0 Å². The molecule has 42 heavy (non-hydrogen) atoms. The highest BCUT2D eigenvalue weighted by atomic mass is 32.1. The highest BCUT2D eigenvalue weighted by molar-refractivity contribution is 7.80. The quantitative estimate of drug-likeness (QED) is 0.338. The van der Waals surface area contributed by atoms with Crippen LogP contribution >= 0.6 is 12.2 Å². The second-order valence-corrected chi connectivity index (χ2v) is 12.1. The van der Waals surface area contributed by atoms with Gasteiger partial charge >= 0.3 is 12.3 Å². The van der Waals surface area contributed by atoms with Crippen LogP contribution in [0.4, 0.5) is 23.7 Å². The highest BCUT2D eigenvalue weighted by Crippen LogP contribution is 2.40. The minimum absolute atomic E-state index is 0.000263. The second-order valence-electron chi connectivity index (χ2n) is 11.7. The number of ether oxygens (including phenoxy) is 2. The van der Waals surface area contributed by atoms with E-state index in [1.165, 1.54) is 11.0 Å². The topological polar surface area (TPSA) is 119 Å². The number of rotatable bonds is 7. The van der Waals surface area contributed by atoms with Gasteiger partial charge in [-0.25, -0.2) is 9.78 Å². The first kappa shape index (κ1) is 31.9. The average Bonchev–Trinajstić information content (AvgIpc) is 3.08. The van der Waals surface area contributed by atoms with Crippen molar-refractivity contribution in [2.24, 2.45) is 0 Å². The molecule has 2 unspecified atom stereocenters. The number of hydrogen-bond donors (Lipinski definition) is 1. The van der Waals surface area contributed by atoms with Crippen molar-refractivity contribution in [3.8, 4) is 6.07 Å². The fourth-order valence-corrected chi connectivity index (χ4v) is 7.03. The van der Waals surface area contributed by atoms with Crippen molar-refractivity contribution >= 4 is 35.0 Å². The first-order valence-corrected chi connectivity index (χ1v) is 14.5. The molecule has 1 saturated carbocycles. The normalized spacial score (nSPS) is 28.2. The van der Waals surface area contributed by atoms with E-state index in [0.29, 0.717) is 38.9 Å². The minimum Gasteiger partial charge on any atom is -0.465 e. The molecule has 0 spiro atoms. The number of anilines is 1. The van der Waals surface area contributed by atoms with E-state index in [2.05, 4.69) is 4.98 Å². The molecule has 1 aliphatic carbocycles. The van der Waals surface area contributed by atoms with Crippen LogP contribution in [0.2, 0.25) is 0 Å². The summed E-state index contributed by atoms with van der Waals surface area (Å²) in [6.45, 7) is 7.98. The van der Waals surface area contributed by atoms with Crippen LogP contribution in [-0.2, 0) is 20.4 Å². The lowest BCUT2D eigenvalue weighted by Gasteiger charge is -2.41. The Morgan fingerprint density at radius 1 is 1.14 bits per heavy atom. The van der Waals surface area contributed by atoms with Crippen molar-refractivity contribution in [1.29, 1.82) is 5.26 Å². The third kappa shape index (κ3) is 6.33. The molecule has 4 rings (SSSR count). The molecule has 2 atom stereocenters. The standard InChI is InChI=1S/C28H36F3N5O5S/c1-16-11-21(12-17(2)34(16)26(38)39)41-10-9-40-20-7-5-18(6-8-20)36-25(42)35(24(37)27(36,3)4)19-13-22(28(29,30)31)23(14-32)33-15-19/h13,15-18,20-21H,5-12H2,1-4H3,(H,38,39). The van der Waals surface area contributed by atoms with Gasteiger partial charge in [0, 0.05) is 18.1 Å². The summed E-state index contributed by atoms with van der Waals surface area (Å²) in [6, 6.07) is 1.86. The molecule has 0 bridgehead atoms. The van der Waals surface area contributed by atoms with Gasteiger partial charge in [0.2, 0.25) is 0 Å². The summed E-state index contributed by atoms with van der Waals surface area (Å²) in [5, 5.41) is 18.6. The Hall–Kier alpha value is -3.02. The molecule has 3 aliphatic rings. The first-order chi connectivity index (χ1) is 19.7. The summed E-state index contributed by atoms with van der Waals surface area (Å²) in [5.41, 5.74) is -3.19. The number of thiocarbonyl (C=S) groups is 1. The Labute approximate surface area is 248 Å².